The third-order valence-electron chi connectivity index (χ3n) is 5.89. The standard InChI is InChI=1S/C22H22N4O3/c27-20-16(6-3-11-23-20)22(29)25-12-4-8-18(25)19-24-17-7-2-1-5-15(17)21(28)26(19)13-14-9-10-14/h1-3,5-7,11,14,18H,4,8-10,12-13H2,(H,23,27). The van der Waals surface area contributed by atoms with Gasteiger partial charge in [0.15, 0.2) is 0 Å². The molecule has 0 radical (unpaired) electrons. The van der Waals surface area contributed by atoms with Gasteiger partial charge in [0.2, 0.25) is 0 Å². The molecule has 0 bridgehead atoms. The fourth-order valence-electron chi connectivity index (χ4n) is 4.20. The van der Waals surface area contributed by atoms with Crippen LogP contribution < -0.4 is 11.1 Å². The zero-order valence-electron chi connectivity index (χ0n) is 16.0. The summed E-state index contributed by atoms with van der Waals surface area (Å²) in [5.74, 6) is 0.825. The highest BCUT2D eigenvalue weighted by molar-refractivity contribution is 5.94. The molecule has 5 rings (SSSR count). The number of rotatable bonds is 4. The van der Waals surface area contributed by atoms with Gasteiger partial charge in [-0.2, -0.15) is 0 Å². The second kappa shape index (κ2) is 6.99. The van der Waals surface area contributed by atoms with Gasteiger partial charge in [-0.1, -0.05) is 12.1 Å². The van der Waals surface area contributed by atoms with E-state index in [0.29, 0.717) is 35.7 Å². The Balaban J connectivity index is 1.62. The van der Waals surface area contributed by atoms with Crippen molar-refractivity contribution in [3.05, 3.63) is 74.7 Å². The van der Waals surface area contributed by atoms with Crippen molar-refractivity contribution in [2.24, 2.45) is 5.92 Å². The molecular weight excluding hydrogens is 368 g/mol. The van der Waals surface area contributed by atoms with E-state index < -0.39 is 5.56 Å². The molecule has 1 atom stereocenters. The molecule has 1 N–H and O–H groups in total. The monoisotopic (exact) mass is 390 g/mol. The molecule has 7 heteroatoms. The van der Waals surface area contributed by atoms with Gasteiger partial charge in [0.1, 0.15) is 11.4 Å². The number of nitrogens with one attached hydrogen (secondary N) is 1. The second-order valence-corrected chi connectivity index (χ2v) is 7.92. The average Bonchev–Trinajstić information content (AvgIpc) is 3.42. The Bertz CT molecular complexity index is 1210. The van der Waals surface area contributed by atoms with Crippen LogP contribution in [0.15, 0.2) is 52.2 Å². The first-order valence-corrected chi connectivity index (χ1v) is 10.1. The van der Waals surface area contributed by atoms with E-state index in [2.05, 4.69) is 4.98 Å². The van der Waals surface area contributed by atoms with Crippen LogP contribution in [0.3, 0.4) is 0 Å². The van der Waals surface area contributed by atoms with Gasteiger partial charge in [0, 0.05) is 19.3 Å². The number of likely N-dealkylation sites (tertiary alicyclic amines) is 1. The van der Waals surface area contributed by atoms with Crippen molar-refractivity contribution < 1.29 is 4.79 Å². The van der Waals surface area contributed by atoms with Crippen LogP contribution in [0, 0.1) is 5.92 Å². The van der Waals surface area contributed by atoms with Gasteiger partial charge in [-0.15, -0.1) is 0 Å². The van der Waals surface area contributed by atoms with Crippen molar-refractivity contribution in [1.29, 1.82) is 0 Å². The van der Waals surface area contributed by atoms with E-state index in [4.69, 9.17) is 4.98 Å². The highest BCUT2D eigenvalue weighted by Gasteiger charge is 2.36. The predicted molar refractivity (Wildman–Crippen MR) is 109 cm³/mol. The van der Waals surface area contributed by atoms with Crippen molar-refractivity contribution in [2.75, 3.05) is 6.54 Å². The summed E-state index contributed by atoms with van der Waals surface area (Å²) in [4.78, 5) is 47.6. The van der Waals surface area contributed by atoms with Crippen LogP contribution in [0.5, 0.6) is 0 Å². The quantitative estimate of drug-likeness (QED) is 0.741. The average molecular weight is 390 g/mol. The SMILES string of the molecule is O=C(c1ccc[nH]c1=O)N1CCCC1c1nc2ccccc2c(=O)n1CC1CC1. The van der Waals surface area contributed by atoms with E-state index in [1.165, 1.54) is 6.20 Å². The van der Waals surface area contributed by atoms with Gasteiger partial charge >= 0.3 is 0 Å². The minimum Gasteiger partial charge on any atom is -0.328 e. The summed E-state index contributed by atoms with van der Waals surface area (Å²) >= 11 is 0. The van der Waals surface area contributed by atoms with E-state index in [1.54, 1.807) is 27.7 Å². The van der Waals surface area contributed by atoms with Gasteiger partial charge in [-0.25, -0.2) is 4.98 Å². The number of amides is 1. The number of H-pyrrole nitrogens is 1. The van der Waals surface area contributed by atoms with Crippen LogP contribution in [0.2, 0.25) is 0 Å². The van der Waals surface area contributed by atoms with Crippen molar-refractivity contribution >= 4 is 16.8 Å². The van der Waals surface area contributed by atoms with Crippen molar-refractivity contribution in [1.82, 2.24) is 19.4 Å². The minimum atomic E-state index is -0.398. The fraction of sp³-hybridized carbons (Fsp3) is 0.364. The third-order valence-corrected chi connectivity index (χ3v) is 5.89. The summed E-state index contributed by atoms with van der Waals surface area (Å²) in [5.41, 5.74) is 0.326. The van der Waals surface area contributed by atoms with Gasteiger partial charge in [0.05, 0.1) is 16.9 Å². The number of pyridine rings is 1. The molecule has 2 aliphatic rings. The molecule has 2 aromatic heterocycles. The molecule has 1 saturated heterocycles. The summed E-state index contributed by atoms with van der Waals surface area (Å²) in [7, 11) is 0. The molecule has 2 fully saturated rings. The number of hydrogen-bond acceptors (Lipinski definition) is 4. The Morgan fingerprint density at radius 3 is 2.72 bits per heavy atom. The molecular formula is C22H22N4O3. The maximum absolute atomic E-state index is 13.2. The number of carbonyl (C=O) groups is 1. The molecule has 7 nitrogen and oxygen atoms in total. The van der Waals surface area contributed by atoms with E-state index in [1.807, 2.05) is 18.2 Å². The molecule has 3 aromatic rings. The molecule has 1 aromatic carbocycles. The van der Waals surface area contributed by atoms with E-state index >= 15 is 0 Å². The van der Waals surface area contributed by atoms with Crippen molar-refractivity contribution in [3.8, 4) is 0 Å². The van der Waals surface area contributed by atoms with Crippen LogP contribution in [-0.4, -0.2) is 31.9 Å². The molecule has 1 unspecified atom stereocenters. The van der Waals surface area contributed by atoms with Crippen LogP contribution in [0.4, 0.5) is 0 Å². The summed E-state index contributed by atoms with van der Waals surface area (Å²) in [6.07, 6.45) is 5.29. The van der Waals surface area contributed by atoms with Crippen LogP contribution in [0.1, 0.15) is 47.9 Å². The molecule has 1 aliphatic heterocycles. The van der Waals surface area contributed by atoms with Gasteiger partial charge in [0.25, 0.3) is 17.0 Å². The van der Waals surface area contributed by atoms with Gasteiger partial charge in [-0.3, -0.25) is 19.0 Å². The number of aromatic nitrogens is 3. The molecule has 148 valence electrons. The first-order valence-electron chi connectivity index (χ1n) is 10.1. The first kappa shape index (κ1) is 17.8. The van der Waals surface area contributed by atoms with Gasteiger partial charge in [-0.05, 0) is 55.9 Å². The minimum absolute atomic E-state index is 0.0469. The molecule has 0 spiro atoms. The molecule has 3 heterocycles. The Labute approximate surface area is 167 Å². The number of fused-ring (bicyclic) bond motifs is 1. The Morgan fingerprint density at radius 1 is 1.10 bits per heavy atom. The molecule has 1 aliphatic carbocycles. The number of carbonyl (C=O) groups excluding carboxylic acids is 1. The first-order chi connectivity index (χ1) is 14.1. The fourth-order valence-corrected chi connectivity index (χ4v) is 4.20. The van der Waals surface area contributed by atoms with E-state index in [0.717, 1.165) is 25.7 Å². The van der Waals surface area contributed by atoms with Crippen molar-refractivity contribution in [2.45, 2.75) is 38.3 Å². The lowest BCUT2D eigenvalue weighted by Crippen LogP contribution is -2.37. The highest BCUT2D eigenvalue weighted by Crippen LogP contribution is 2.35. The van der Waals surface area contributed by atoms with Crippen molar-refractivity contribution in [3.63, 3.8) is 0 Å². The number of para-hydroxylation sites is 1. The van der Waals surface area contributed by atoms with E-state index in [9.17, 15) is 14.4 Å². The summed E-state index contributed by atoms with van der Waals surface area (Å²) < 4.78 is 1.77. The van der Waals surface area contributed by atoms with Crippen LogP contribution in [0.25, 0.3) is 10.9 Å². The second-order valence-electron chi connectivity index (χ2n) is 7.92. The number of nitrogens with zero attached hydrogens (tertiary/aromatic N) is 3. The third kappa shape index (κ3) is 3.16. The zero-order chi connectivity index (χ0) is 20.0. The Hall–Kier alpha value is -3.22. The molecule has 1 amide bonds. The molecule has 1 saturated carbocycles. The Morgan fingerprint density at radius 2 is 1.93 bits per heavy atom. The number of benzene rings is 1. The largest absolute Gasteiger partial charge is 0.328 e. The van der Waals surface area contributed by atoms with E-state index in [-0.39, 0.29) is 23.1 Å². The van der Waals surface area contributed by atoms with Crippen LogP contribution >= 0.6 is 0 Å². The lowest BCUT2D eigenvalue weighted by atomic mass is 10.1. The normalized spacial score (nSPS) is 19.0. The van der Waals surface area contributed by atoms with Gasteiger partial charge < -0.3 is 9.88 Å². The Kier molecular flexibility index (Phi) is 4.30. The predicted octanol–water partition coefficient (Wildman–Crippen LogP) is 2.47. The summed E-state index contributed by atoms with van der Waals surface area (Å²) in [6, 6.07) is 10.2. The lowest BCUT2D eigenvalue weighted by Gasteiger charge is -2.26. The zero-order valence-corrected chi connectivity index (χ0v) is 16.0. The summed E-state index contributed by atoms with van der Waals surface area (Å²) in [5, 5.41) is 0.604. The number of hydrogen-bond donors (Lipinski definition) is 1. The maximum Gasteiger partial charge on any atom is 0.261 e. The number of aromatic amines is 1. The highest BCUT2D eigenvalue weighted by atomic mass is 16.2. The smallest absolute Gasteiger partial charge is 0.261 e. The maximum atomic E-state index is 13.2. The lowest BCUT2D eigenvalue weighted by molar-refractivity contribution is 0.0724. The molecule has 29 heavy (non-hydrogen) atoms. The van der Waals surface area contributed by atoms with Crippen LogP contribution in [-0.2, 0) is 6.54 Å². The summed E-state index contributed by atoms with van der Waals surface area (Å²) in [6.45, 7) is 1.18. The topological polar surface area (TPSA) is 88.1 Å².